The maximum absolute atomic E-state index is 12.0. The van der Waals surface area contributed by atoms with Gasteiger partial charge in [-0.3, -0.25) is 4.74 Å². The van der Waals surface area contributed by atoms with Gasteiger partial charge in [0.1, 0.15) is 6.07 Å². The molecule has 1 aromatic rings. The molecule has 0 fully saturated rings. The van der Waals surface area contributed by atoms with Gasteiger partial charge >= 0.3 is 6.36 Å². The zero-order valence-electron chi connectivity index (χ0n) is 7.25. The highest BCUT2D eigenvalue weighted by atomic mass is 35.5. The summed E-state index contributed by atoms with van der Waals surface area (Å²) >= 11 is 5.43. The number of ether oxygens (including phenoxy) is 1. The average Bonchev–Trinajstić information content (AvgIpc) is 2.16. The Labute approximate surface area is 88.8 Å². The van der Waals surface area contributed by atoms with E-state index in [0.29, 0.717) is 0 Å². The first kappa shape index (κ1) is 11.8. The molecule has 0 saturated heterocycles. The number of nitrogens with zero attached hydrogens (tertiary/aromatic N) is 1. The van der Waals surface area contributed by atoms with Crippen LogP contribution in [0.4, 0.5) is 13.2 Å². The van der Waals surface area contributed by atoms with Crippen LogP contribution in [0, 0.1) is 11.3 Å². The highest BCUT2D eigenvalue weighted by molar-refractivity contribution is 6.24. The topological polar surface area (TPSA) is 33.0 Å². The molecule has 2 nitrogen and oxygen atoms in total. The number of benzene rings is 1. The summed E-state index contributed by atoms with van der Waals surface area (Å²) < 4.78 is 39.5. The Morgan fingerprint density at radius 1 is 1.20 bits per heavy atom. The molecule has 0 N–H and O–H groups in total. The summed E-state index contributed by atoms with van der Waals surface area (Å²) in [4.78, 5) is 0. The Bertz CT molecular complexity index is 373. The molecule has 1 aromatic carbocycles. The molecule has 0 bridgehead atoms. The second kappa shape index (κ2) is 4.09. The molecule has 0 aliphatic rings. The second-order valence-electron chi connectivity index (χ2n) is 2.62. The van der Waals surface area contributed by atoms with Gasteiger partial charge in [0.2, 0.25) is 0 Å². The molecular weight excluding hydrogens is 231 g/mol. The molecule has 0 saturated carbocycles. The van der Waals surface area contributed by atoms with Crippen molar-refractivity contribution in [2.45, 2.75) is 11.4 Å². The zero-order valence-corrected chi connectivity index (χ0v) is 8.01. The second-order valence-corrected chi connectivity index (χ2v) is 3.15. The van der Waals surface area contributed by atoms with E-state index < -0.39 is 11.4 Å². The Balaban J connectivity index is 3.03. The number of rotatable bonds is 2. The molecule has 15 heavy (non-hydrogen) atoms. The van der Waals surface area contributed by atoms with E-state index >= 15 is 0 Å². The zero-order chi connectivity index (χ0) is 11.5. The van der Waals surface area contributed by atoms with Crippen molar-refractivity contribution in [3.8, 4) is 6.07 Å². The molecule has 0 radical (unpaired) electrons. The number of hydrogen-bond donors (Lipinski definition) is 0. The molecule has 0 aliphatic carbocycles. The fraction of sp³-hybridized carbons (Fsp3) is 0.222. The van der Waals surface area contributed by atoms with E-state index in [1.54, 1.807) is 6.07 Å². The normalized spacial score (nSPS) is 15.4. The standard InChI is InChI=1S/C9H5ClF3NO/c10-8(6-14,15-9(11,12)13)7-4-2-1-3-5-7/h1-5H. The fourth-order valence-electron chi connectivity index (χ4n) is 0.958. The van der Waals surface area contributed by atoms with Crippen molar-refractivity contribution in [3.05, 3.63) is 35.9 Å². The molecule has 0 aromatic heterocycles. The van der Waals surface area contributed by atoms with Crippen LogP contribution in [-0.2, 0) is 9.80 Å². The molecule has 1 atom stereocenters. The van der Waals surface area contributed by atoms with Gasteiger partial charge in [-0.1, -0.05) is 41.9 Å². The lowest BCUT2D eigenvalue weighted by Gasteiger charge is -2.21. The van der Waals surface area contributed by atoms with Crippen LogP contribution in [-0.4, -0.2) is 6.36 Å². The predicted molar refractivity (Wildman–Crippen MR) is 46.7 cm³/mol. The molecule has 1 unspecified atom stereocenters. The van der Waals surface area contributed by atoms with Crippen LogP contribution in [0.1, 0.15) is 5.56 Å². The van der Waals surface area contributed by atoms with Crippen molar-refractivity contribution in [2.24, 2.45) is 0 Å². The molecule has 80 valence electrons. The van der Waals surface area contributed by atoms with Gasteiger partial charge in [-0.15, -0.1) is 13.2 Å². The monoisotopic (exact) mass is 235 g/mol. The lowest BCUT2D eigenvalue weighted by molar-refractivity contribution is -0.345. The minimum absolute atomic E-state index is 0.0634. The van der Waals surface area contributed by atoms with E-state index in [1.807, 2.05) is 0 Å². The van der Waals surface area contributed by atoms with Crippen LogP contribution in [0.25, 0.3) is 0 Å². The maximum Gasteiger partial charge on any atom is 0.525 e. The van der Waals surface area contributed by atoms with E-state index in [-0.39, 0.29) is 5.56 Å². The van der Waals surface area contributed by atoms with Crippen molar-refractivity contribution in [3.63, 3.8) is 0 Å². The van der Waals surface area contributed by atoms with Gasteiger partial charge in [0.25, 0.3) is 5.06 Å². The molecule has 0 aliphatic heterocycles. The van der Waals surface area contributed by atoms with Gasteiger partial charge in [0.05, 0.1) is 0 Å². The van der Waals surface area contributed by atoms with Crippen molar-refractivity contribution in [2.75, 3.05) is 0 Å². The van der Waals surface area contributed by atoms with Crippen LogP contribution in [0.2, 0.25) is 0 Å². The van der Waals surface area contributed by atoms with Gasteiger partial charge in [-0.25, -0.2) is 0 Å². The van der Waals surface area contributed by atoms with Gasteiger partial charge in [-0.2, -0.15) is 5.26 Å². The van der Waals surface area contributed by atoms with Gasteiger partial charge < -0.3 is 0 Å². The summed E-state index contributed by atoms with van der Waals surface area (Å²) in [6.45, 7) is 0. The van der Waals surface area contributed by atoms with Crippen LogP contribution in [0.5, 0.6) is 0 Å². The predicted octanol–water partition coefficient (Wildman–Crippen LogP) is 3.14. The Kier molecular flexibility index (Phi) is 3.22. The first-order chi connectivity index (χ1) is 6.87. The van der Waals surface area contributed by atoms with Gasteiger partial charge in [0, 0.05) is 5.56 Å². The third kappa shape index (κ3) is 3.11. The largest absolute Gasteiger partial charge is 0.525 e. The van der Waals surface area contributed by atoms with E-state index in [2.05, 4.69) is 4.74 Å². The van der Waals surface area contributed by atoms with Gasteiger partial charge in [-0.05, 0) is 0 Å². The lowest BCUT2D eigenvalue weighted by atomic mass is 10.1. The molecule has 1 rings (SSSR count). The quantitative estimate of drug-likeness (QED) is 0.738. The first-order valence-corrected chi connectivity index (χ1v) is 4.18. The molecule has 0 heterocycles. The van der Waals surface area contributed by atoms with Crippen LogP contribution >= 0.6 is 11.6 Å². The first-order valence-electron chi connectivity index (χ1n) is 3.80. The van der Waals surface area contributed by atoms with Crippen molar-refractivity contribution < 1.29 is 17.9 Å². The Morgan fingerprint density at radius 2 is 1.73 bits per heavy atom. The summed E-state index contributed by atoms with van der Waals surface area (Å²) in [7, 11) is 0. The number of hydrogen-bond acceptors (Lipinski definition) is 2. The van der Waals surface area contributed by atoms with Crippen LogP contribution in [0.3, 0.4) is 0 Å². The average molecular weight is 236 g/mol. The Hall–Kier alpha value is -1.25. The third-order valence-electron chi connectivity index (χ3n) is 1.55. The highest BCUT2D eigenvalue weighted by Gasteiger charge is 2.44. The summed E-state index contributed by atoms with van der Waals surface area (Å²) in [5.74, 6) is 0. The summed E-state index contributed by atoms with van der Waals surface area (Å²) in [6, 6.07) is 8.35. The number of nitriles is 1. The molecular formula is C9H5ClF3NO. The van der Waals surface area contributed by atoms with Gasteiger partial charge in [0.15, 0.2) is 0 Å². The summed E-state index contributed by atoms with van der Waals surface area (Å²) in [5.41, 5.74) is -0.0634. The van der Waals surface area contributed by atoms with Crippen molar-refractivity contribution in [1.29, 1.82) is 5.26 Å². The third-order valence-corrected chi connectivity index (χ3v) is 1.93. The summed E-state index contributed by atoms with van der Waals surface area (Å²) in [6.07, 6.45) is -4.96. The van der Waals surface area contributed by atoms with Crippen molar-refractivity contribution >= 4 is 11.6 Å². The maximum atomic E-state index is 12.0. The number of alkyl halides is 4. The van der Waals surface area contributed by atoms with Crippen LogP contribution in [0.15, 0.2) is 30.3 Å². The van der Waals surface area contributed by atoms with Crippen LogP contribution < -0.4 is 0 Å². The SMILES string of the molecule is N#CC(Cl)(OC(F)(F)F)c1ccccc1. The van der Waals surface area contributed by atoms with E-state index in [0.717, 1.165) is 0 Å². The Morgan fingerprint density at radius 3 is 2.13 bits per heavy atom. The van der Waals surface area contributed by atoms with E-state index in [4.69, 9.17) is 16.9 Å². The smallest absolute Gasteiger partial charge is 0.251 e. The summed E-state index contributed by atoms with van der Waals surface area (Å²) in [5, 5.41) is 6.07. The van der Waals surface area contributed by atoms with Crippen molar-refractivity contribution in [1.82, 2.24) is 0 Å². The highest BCUT2D eigenvalue weighted by Crippen LogP contribution is 2.36. The van der Waals surface area contributed by atoms with E-state index in [9.17, 15) is 13.2 Å². The molecule has 0 amide bonds. The minimum Gasteiger partial charge on any atom is -0.251 e. The number of halogens is 4. The minimum atomic E-state index is -4.96. The lowest BCUT2D eigenvalue weighted by Crippen LogP contribution is -2.29. The molecule has 0 spiro atoms. The fourth-order valence-corrected chi connectivity index (χ4v) is 1.17. The molecule has 6 heteroatoms. The van der Waals surface area contributed by atoms with E-state index in [1.165, 1.54) is 30.3 Å².